The zero-order chi connectivity index (χ0) is 20.0. The van der Waals surface area contributed by atoms with Crippen molar-refractivity contribution in [3.8, 4) is 11.3 Å². The van der Waals surface area contributed by atoms with Gasteiger partial charge >= 0.3 is 5.69 Å². The minimum Gasteiger partial charge on any atom is -0.310 e. The number of nitrogens with zero attached hydrogens (tertiary/aromatic N) is 3. The number of hydrogen-bond acceptors (Lipinski definition) is 3. The first kappa shape index (κ1) is 17.8. The number of H-pyrrole nitrogens is 1. The second-order valence-corrected chi connectivity index (χ2v) is 7.28. The maximum atomic E-state index is 14.2. The van der Waals surface area contributed by atoms with E-state index in [0.717, 1.165) is 23.4 Å². The molecule has 5 nitrogen and oxygen atoms in total. The average Bonchev–Trinajstić information content (AvgIpc) is 3.15. The number of fused-ring (bicyclic) bond motifs is 3. The highest BCUT2D eigenvalue weighted by molar-refractivity contribution is 5.65. The summed E-state index contributed by atoms with van der Waals surface area (Å²) in [6.45, 7) is 1.92. The SMILES string of the molecule is O=c1[nH]c2c(c3nc(-c4ccccc4F)cn13)CN(Cc1cccc(F)c1)CC2. The molecule has 146 valence electrons. The number of rotatable bonds is 3. The molecular formula is C22H18F2N4O. The van der Waals surface area contributed by atoms with Gasteiger partial charge in [0, 0.05) is 49.1 Å². The van der Waals surface area contributed by atoms with Crippen LogP contribution in [0, 0.1) is 11.6 Å². The lowest BCUT2D eigenvalue weighted by atomic mass is 10.1. The average molecular weight is 392 g/mol. The van der Waals surface area contributed by atoms with E-state index in [1.54, 1.807) is 30.5 Å². The third-order valence-corrected chi connectivity index (χ3v) is 5.32. The van der Waals surface area contributed by atoms with E-state index >= 15 is 0 Å². The van der Waals surface area contributed by atoms with Crippen molar-refractivity contribution in [3.63, 3.8) is 0 Å². The Morgan fingerprint density at radius 1 is 1.10 bits per heavy atom. The van der Waals surface area contributed by atoms with Crippen molar-refractivity contribution in [2.24, 2.45) is 0 Å². The Hall–Kier alpha value is -3.32. The van der Waals surface area contributed by atoms with Crippen LogP contribution >= 0.6 is 0 Å². The summed E-state index contributed by atoms with van der Waals surface area (Å²) in [4.78, 5) is 22.2. The molecule has 0 bridgehead atoms. The smallest absolute Gasteiger partial charge is 0.310 e. The van der Waals surface area contributed by atoms with Crippen molar-refractivity contribution < 1.29 is 8.78 Å². The monoisotopic (exact) mass is 392 g/mol. The summed E-state index contributed by atoms with van der Waals surface area (Å²) in [6, 6.07) is 12.9. The molecule has 2 aromatic carbocycles. The predicted octanol–water partition coefficient (Wildman–Crippen LogP) is 3.53. The Morgan fingerprint density at radius 3 is 2.79 bits per heavy atom. The van der Waals surface area contributed by atoms with Crippen molar-refractivity contribution in [2.45, 2.75) is 19.5 Å². The fourth-order valence-corrected chi connectivity index (χ4v) is 3.93. The van der Waals surface area contributed by atoms with Crippen LogP contribution in [-0.4, -0.2) is 25.8 Å². The Balaban J connectivity index is 1.54. The number of nitrogens with one attached hydrogen (secondary N) is 1. The maximum Gasteiger partial charge on any atom is 0.331 e. The Morgan fingerprint density at radius 2 is 1.97 bits per heavy atom. The van der Waals surface area contributed by atoms with E-state index in [0.29, 0.717) is 36.4 Å². The number of hydrogen-bond donors (Lipinski definition) is 1. The predicted molar refractivity (Wildman–Crippen MR) is 105 cm³/mol. The minimum absolute atomic E-state index is 0.255. The van der Waals surface area contributed by atoms with Gasteiger partial charge in [-0.3, -0.25) is 9.30 Å². The highest BCUT2D eigenvalue weighted by atomic mass is 19.1. The lowest BCUT2D eigenvalue weighted by Gasteiger charge is -2.28. The molecule has 2 aromatic heterocycles. The van der Waals surface area contributed by atoms with Crippen molar-refractivity contribution in [2.75, 3.05) is 6.54 Å². The first-order chi connectivity index (χ1) is 14.1. The molecule has 0 amide bonds. The van der Waals surface area contributed by atoms with Gasteiger partial charge in [-0.2, -0.15) is 0 Å². The van der Waals surface area contributed by atoms with Gasteiger partial charge in [-0.05, 0) is 29.8 Å². The molecule has 5 rings (SSSR count). The first-order valence-electron chi connectivity index (χ1n) is 9.43. The van der Waals surface area contributed by atoms with Gasteiger partial charge < -0.3 is 4.98 Å². The molecule has 3 heterocycles. The summed E-state index contributed by atoms with van der Waals surface area (Å²) in [5.74, 6) is -0.636. The molecular weight excluding hydrogens is 374 g/mol. The van der Waals surface area contributed by atoms with Crippen molar-refractivity contribution in [1.82, 2.24) is 19.3 Å². The number of benzene rings is 2. The van der Waals surface area contributed by atoms with E-state index < -0.39 is 0 Å². The van der Waals surface area contributed by atoms with Crippen LogP contribution in [0.5, 0.6) is 0 Å². The number of aromatic nitrogens is 3. The largest absolute Gasteiger partial charge is 0.331 e. The van der Waals surface area contributed by atoms with Gasteiger partial charge in [-0.1, -0.05) is 24.3 Å². The van der Waals surface area contributed by atoms with Gasteiger partial charge in [-0.25, -0.2) is 18.6 Å². The Kier molecular flexibility index (Phi) is 4.24. The molecule has 0 saturated carbocycles. The van der Waals surface area contributed by atoms with Gasteiger partial charge in [0.2, 0.25) is 0 Å². The second-order valence-electron chi connectivity index (χ2n) is 7.28. The van der Waals surface area contributed by atoms with E-state index in [9.17, 15) is 13.6 Å². The van der Waals surface area contributed by atoms with Gasteiger partial charge in [0.05, 0.1) is 5.69 Å². The molecule has 1 N–H and O–H groups in total. The summed E-state index contributed by atoms with van der Waals surface area (Å²) in [7, 11) is 0. The molecule has 1 aliphatic heterocycles. The molecule has 29 heavy (non-hydrogen) atoms. The minimum atomic E-state index is -0.381. The molecule has 0 spiro atoms. The second kappa shape index (κ2) is 6.93. The van der Waals surface area contributed by atoms with Crippen LogP contribution in [-0.2, 0) is 19.5 Å². The summed E-state index contributed by atoms with van der Waals surface area (Å²) < 4.78 is 29.2. The molecule has 0 radical (unpaired) electrons. The zero-order valence-corrected chi connectivity index (χ0v) is 15.5. The van der Waals surface area contributed by atoms with E-state index in [1.807, 2.05) is 6.07 Å². The summed E-state index contributed by atoms with van der Waals surface area (Å²) in [5.41, 5.74) is 3.68. The van der Waals surface area contributed by atoms with Crippen LogP contribution in [0.2, 0.25) is 0 Å². The number of halogens is 2. The molecule has 0 atom stereocenters. The van der Waals surface area contributed by atoms with Gasteiger partial charge in [-0.15, -0.1) is 0 Å². The van der Waals surface area contributed by atoms with E-state index in [1.165, 1.54) is 22.6 Å². The lowest BCUT2D eigenvalue weighted by Crippen LogP contribution is -2.33. The maximum absolute atomic E-state index is 14.2. The van der Waals surface area contributed by atoms with Crippen molar-refractivity contribution in [3.05, 3.63) is 93.7 Å². The fourth-order valence-electron chi connectivity index (χ4n) is 3.93. The van der Waals surface area contributed by atoms with Gasteiger partial charge in [0.15, 0.2) is 0 Å². The van der Waals surface area contributed by atoms with Crippen LogP contribution in [0.15, 0.2) is 59.5 Å². The third-order valence-electron chi connectivity index (χ3n) is 5.32. The summed E-state index contributed by atoms with van der Waals surface area (Å²) in [6.07, 6.45) is 2.23. The normalized spacial score (nSPS) is 14.3. The van der Waals surface area contributed by atoms with E-state index in [2.05, 4.69) is 14.9 Å². The van der Waals surface area contributed by atoms with E-state index in [4.69, 9.17) is 0 Å². The molecule has 0 aliphatic carbocycles. The topological polar surface area (TPSA) is 53.4 Å². The Labute approximate surface area is 165 Å². The highest BCUT2D eigenvalue weighted by Crippen LogP contribution is 2.26. The fraction of sp³-hybridized carbons (Fsp3) is 0.182. The van der Waals surface area contributed by atoms with Crippen LogP contribution in [0.4, 0.5) is 8.78 Å². The van der Waals surface area contributed by atoms with Crippen LogP contribution in [0.3, 0.4) is 0 Å². The zero-order valence-electron chi connectivity index (χ0n) is 15.5. The number of imidazole rings is 1. The summed E-state index contributed by atoms with van der Waals surface area (Å²) >= 11 is 0. The van der Waals surface area contributed by atoms with Gasteiger partial charge in [0.25, 0.3) is 0 Å². The standard InChI is InChI=1S/C22H18F2N4O/c23-15-5-3-4-14(10-15)11-27-9-8-19-17(12-27)21-25-20(13-28(21)22(29)26-19)16-6-1-2-7-18(16)24/h1-7,10,13H,8-9,11-12H2,(H,26,29). The Bertz CT molecular complexity index is 1280. The molecule has 0 fully saturated rings. The lowest BCUT2D eigenvalue weighted by molar-refractivity contribution is 0.243. The molecule has 1 aliphatic rings. The van der Waals surface area contributed by atoms with Crippen molar-refractivity contribution in [1.29, 1.82) is 0 Å². The summed E-state index contributed by atoms with van der Waals surface area (Å²) in [5, 5.41) is 0. The first-order valence-corrected chi connectivity index (χ1v) is 9.43. The van der Waals surface area contributed by atoms with E-state index in [-0.39, 0.29) is 17.3 Å². The quantitative estimate of drug-likeness (QED) is 0.580. The third kappa shape index (κ3) is 3.23. The molecule has 0 unspecified atom stereocenters. The van der Waals surface area contributed by atoms with Crippen LogP contribution in [0.1, 0.15) is 16.8 Å². The number of aromatic amines is 1. The molecule has 7 heteroatoms. The van der Waals surface area contributed by atoms with Crippen molar-refractivity contribution >= 4 is 5.65 Å². The highest BCUT2D eigenvalue weighted by Gasteiger charge is 2.23. The van der Waals surface area contributed by atoms with Crippen LogP contribution < -0.4 is 5.69 Å². The van der Waals surface area contributed by atoms with Crippen LogP contribution in [0.25, 0.3) is 16.9 Å². The van der Waals surface area contributed by atoms with Gasteiger partial charge in [0.1, 0.15) is 17.3 Å². The molecule has 4 aromatic rings. The molecule has 0 saturated heterocycles.